The fourth-order valence-electron chi connectivity index (χ4n) is 3.64. The third-order valence-electron chi connectivity index (χ3n) is 5.41. The summed E-state index contributed by atoms with van der Waals surface area (Å²) in [5, 5.41) is 3.29. The largest absolute Gasteiger partial charge is 0.495 e. The smallest absolute Gasteiger partial charge is 0.256 e. The number of halogens is 1. The molecule has 160 valence electrons. The summed E-state index contributed by atoms with van der Waals surface area (Å²) in [6, 6.07) is 12.8. The van der Waals surface area contributed by atoms with Gasteiger partial charge in [0.25, 0.3) is 5.91 Å². The molecule has 1 saturated carbocycles. The predicted octanol–water partition coefficient (Wildman–Crippen LogP) is 5.48. The number of benzene rings is 2. The maximum absolute atomic E-state index is 12.8. The zero-order chi connectivity index (χ0) is 21.5. The van der Waals surface area contributed by atoms with Crippen LogP contribution in [0, 0.1) is 0 Å². The van der Waals surface area contributed by atoms with Crippen molar-refractivity contribution in [1.82, 2.24) is 4.90 Å². The van der Waals surface area contributed by atoms with E-state index in [0.29, 0.717) is 33.8 Å². The number of nitrogens with one attached hydrogen (secondary N) is 1. The molecule has 2 aromatic rings. The lowest BCUT2D eigenvalue weighted by atomic mass is 9.94. The average Bonchev–Trinajstić information content (AvgIpc) is 2.77. The summed E-state index contributed by atoms with van der Waals surface area (Å²) in [6.45, 7) is 0. The van der Waals surface area contributed by atoms with E-state index in [0.717, 1.165) is 17.7 Å². The molecule has 0 aliphatic heterocycles. The molecule has 1 fully saturated rings. The van der Waals surface area contributed by atoms with E-state index in [-0.39, 0.29) is 11.8 Å². The van der Waals surface area contributed by atoms with E-state index < -0.39 is 0 Å². The van der Waals surface area contributed by atoms with Crippen LogP contribution in [-0.4, -0.2) is 42.7 Å². The van der Waals surface area contributed by atoms with Gasteiger partial charge in [0.05, 0.1) is 23.4 Å². The third-order valence-corrected chi connectivity index (χ3v) is 6.76. The zero-order valence-electron chi connectivity index (χ0n) is 17.3. The van der Waals surface area contributed by atoms with Gasteiger partial charge in [-0.1, -0.05) is 43.0 Å². The second kappa shape index (κ2) is 10.7. The van der Waals surface area contributed by atoms with Gasteiger partial charge in [-0.3, -0.25) is 9.59 Å². The standard InChI is InChI=1S/C23H27ClN2O3S/c1-26(17-8-4-3-5-9-17)22(27)15-30-21-11-7-6-10-18(21)23(28)25-16-12-13-20(29-2)19(24)14-16/h6-7,10-14,17H,3-5,8-9,15H2,1-2H3,(H,25,28). The first-order valence-corrected chi connectivity index (χ1v) is 11.5. The summed E-state index contributed by atoms with van der Waals surface area (Å²) >= 11 is 7.54. The fraction of sp³-hybridized carbons (Fsp3) is 0.391. The Morgan fingerprint density at radius 2 is 1.90 bits per heavy atom. The van der Waals surface area contributed by atoms with E-state index in [1.54, 1.807) is 31.4 Å². The van der Waals surface area contributed by atoms with E-state index in [1.165, 1.54) is 31.0 Å². The monoisotopic (exact) mass is 446 g/mol. The average molecular weight is 447 g/mol. The predicted molar refractivity (Wildman–Crippen MR) is 123 cm³/mol. The van der Waals surface area contributed by atoms with Gasteiger partial charge >= 0.3 is 0 Å². The van der Waals surface area contributed by atoms with Gasteiger partial charge in [-0.25, -0.2) is 0 Å². The molecule has 0 unspecified atom stereocenters. The topological polar surface area (TPSA) is 58.6 Å². The van der Waals surface area contributed by atoms with Crippen molar-refractivity contribution in [3.8, 4) is 5.75 Å². The molecule has 0 radical (unpaired) electrons. The van der Waals surface area contributed by atoms with Crippen LogP contribution in [-0.2, 0) is 4.79 Å². The number of nitrogens with zero attached hydrogens (tertiary/aromatic N) is 1. The normalized spacial score (nSPS) is 14.2. The maximum atomic E-state index is 12.8. The number of carbonyl (C=O) groups excluding carboxylic acids is 2. The van der Waals surface area contributed by atoms with Gasteiger partial charge in [-0.15, -0.1) is 11.8 Å². The van der Waals surface area contributed by atoms with E-state index in [2.05, 4.69) is 5.32 Å². The molecule has 3 rings (SSSR count). The number of rotatable bonds is 7. The molecular weight excluding hydrogens is 420 g/mol. The van der Waals surface area contributed by atoms with Crippen molar-refractivity contribution in [2.24, 2.45) is 0 Å². The Morgan fingerprint density at radius 1 is 1.17 bits per heavy atom. The molecule has 0 heterocycles. The van der Waals surface area contributed by atoms with Gasteiger partial charge in [-0.2, -0.15) is 0 Å². The number of amides is 2. The molecule has 5 nitrogen and oxygen atoms in total. The Bertz CT molecular complexity index is 900. The second-order valence-electron chi connectivity index (χ2n) is 7.38. The van der Waals surface area contributed by atoms with E-state index in [4.69, 9.17) is 16.3 Å². The highest BCUT2D eigenvalue weighted by Crippen LogP contribution is 2.29. The molecule has 0 spiro atoms. The molecule has 2 aromatic carbocycles. The first kappa shape index (κ1) is 22.5. The minimum absolute atomic E-state index is 0.101. The van der Waals surface area contributed by atoms with Crippen LogP contribution in [0.2, 0.25) is 5.02 Å². The van der Waals surface area contributed by atoms with Crippen LogP contribution >= 0.6 is 23.4 Å². The molecule has 1 N–H and O–H groups in total. The highest BCUT2D eigenvalue weighted by Gasteiger charge is 2.22. The summed E-state index contributed by atoms with van der Waals surface area (Å²) in [4.78, 5) is 28.2. The Hall–Kier alpha value is -2.18. The van der Waals surface area contributed by atoms with E-state index in [9.17, 15) is 9.59 Å². The minimum Gasteiger partial charge on any atom is -0.495 e. The molecule has 0 saturated heterocycles. The number of thioether (sulfide) groups is 1. The minimum atomic E-state index is -0.243. The molecule has 1 aliphatic rings. The van der Waals surface area contributed by atoms with Crippen molar-refractivity contribution in [2.75, 3.05) is 25.2 Å². The Morgan fingerprint density at radius 3 is 2.60 bits per heavy atom. The van der Waals surface area contributed by atoms with Crippen molar-refractivity contribution in [3.05, 3.63) is 53.1 Å². The van der Waals surface area contributed by atoms with Gasteiger partial charge in [0.15, 0.2) is 0 Å². The summed E-state index contributed by atoms with van der Waals surface area (Å²) in [6.07, 6.45) is 5.80. The lowest BCUT2D eigenvalue weighted by molar-refractivity contribution is -0.129. The first-order valence-electron chi connectivity index (χ1n) is 10.1. The lowest BCUT2D eigenvalue weighted by Gasteiger charge is -2.31. The molecule has 0 atom stereocenters. The van der Waals surface area contributed by atoms with Gasteiger partial charge in [-0.05, 0) is 43.2 Å². The Kier molecular flexibility index (Phi) is 8.05. The van der Waals surface area contributed by atoms with Crippen LogP contribution in [0.15, 0.2) is 47.4 Å². The van der Waals surface area contributed by atoms with E-state index >= 15 is 0 Å². The number of methoxy groups -OCH3 is 1. The summed E-state index contributed by atoms with van der Waals surface area (Å²) in [5.74, 6) is 0.716. The number of ether oxygens (including phenoxy) is 1. The van der Waals surface area contributed by atoms with Crippen LogP contribution in [0.5, 0.6) is 5.75 Å². The molecule has 0 bridgehead atoms. The van der Waals surface area contributed by atoms with Gasteiger partial charge in [0.1, 0.15) is 5.75 Å². The number of carbonyl (C=O) groups is 2. The van der Waals surface area contributed by atoms with Crippen LogP contribution < -0.4 is 10.1 Å². The molecular formula is C23H27ClN2O3S. The quantitative estimate of drug-likeness (QED) is 0.572. The molecule has 0 aromatic heterocycles. The van der Waals surface area contributed by atoms with Crippen LogP contribution in [0.3, 0.4) is 0 Å². The van der Waals surface area contributed by atoms with Crippen molar-refractivity contribution in [2.45, 2.75) is 43.0 Å². The SMILES string of the molecule is COc1ccc(NC(=O)c2ccccc2SCC(=O)N(C)C2CCCCC2)cc1Cl. The first-order chi connectivity index (χ1) is 14.5. The zero-order valence-corrected chi connectivity index (χ0v) is 18.9. The molecule has 2 amide bonds. The Labute approximate surface area is 187 Å². The third kappa shape index (κ3) is 5.70. The molecule has 30 heavy (non-hydrogen) atoms. The highest BCUT2D eigenvalue weighted by atomic mass is 35.5. The van der Waals surface area contributed by atoms with Gasteiger partial charge < -0.3 is 15.0 Å². The number of hydrogen-bond acceptors (Lipinski definition) is 4. The number of anilines is 1. The van der Waals surface area contributed by atoms with Crippen LogP contribution in [0.1, 0.15) is 42.5 Å². The Balaban J connectivity index is 1.64. The highest BCUT2D eigenvalue weighted by molar-refractivity contribution is 8.00. The van der Waals surface area contributed by atoms with Crippen LogP contribution in [0.25, 0.3) is 0 Å². The van der Waals surface area contributed by atoms with Crippen molar-refractivity contribution in [3.63, 3.8) is 0 Å². The summed E-state index contributed by atoms with van der Waals surface area (Å²) in [7, 11) is 3.44. The maximum Gasteiger partial charge on any atom is 0.256 e. The summed E-state index contributed by atoms with van der Waals surface area (Å²) < 4.78 is 5.14. The van der Waals surface area contributed by atoms with Crippen LogP contribution in [0.4, 0.5) is 5.69 Å². The van der Waals surface area contributed by atoms with Crippen molar-refractivity contribution in [1.29, 1.82) is 0 Å². The molecule has 1 aliphatic carbocycles. The van der Waals surface area contributed by atoms with Crippen molar-refractivity contribution >= 4 is 40.9 Å². The second-order valence-corrected chi connectivity index (χ2v) is 8.81. The van der Waals surface area contributed by atoms with Gasteiger partial charge in [0.2, 0.25) is 5.91 Å². The molecule has 7 heteroatoms. The van der Waals surface area contributed by atoms with Crippen molar-refractivity contribution < 1.29 is 14.3 Å². The van der Waals surface area contributed by atoms with Gasteiger partial charge in [0, 0.05) is 23.7 Å². The summed E-state index contributed by atoms with van der Waals surface area (Å²) in [5.41, 5.74) is 1.11. The number of hydrogen-bond donors (Lipinski definition) is 1. The van der Waals surface area contributed by atoms with E-state index in [1.807, 2.05) is 30.1 Å². The lowest BCUT2D eigenvalue weighted by Crippen LogP contribution is -2.39. The fourth-order valence-corrected chi connectivity index (χ4v) is 4.87.